The Morgan fingerprint density at radius 2 is 2.38 bits per heavy atom. The lowest BCUT2D eigenvalue weighted by atomic mass is 10.3. The predicted molar refractivity (Wildman–Crippen MR) is 59.0 cm³/mol. The van der Waals surface area contributed by atoms with Crippen LogP contribution in [0.4, 0.5) is 0 Å². The van der Waals surface area contributed by atoms with Crippen LogP contribution in [0.3, 0.4) is 0 Å². The van der Waals surface area contributed by atoms with Gasteiger partial charge in [0.25, 0.3) is 0 Å². The number of aliphatic carboxylic acids is 1. The first kappa shape index (κ1) is 11.0. The monoisotopic (exact) mass is 242 g/mol. The fourth-order valence-corrected chi connectivity index (χ4v) is 1.64. The second kappa shape index (κ2) is 4.16. The zero-order chi connectivity index (χ0) is 11.7. The first-order valence-corrected chi connectivity index (χ1v) is 4.94. The Kier molecular flexibility index (Phi) is 2.86. The number of hydrazine groups is 2. The van der Waals surface area contributed by atoms with Crippen LogP contribution in [-0.4, -0.2) is 45.6 Å². The summed E-state index contributed by atoms with van der Waals surface area (Å²) in [6.07, 6.45) is 2.90. The maximum Gasteiger partial charge on any atom is 0.340 e. The highest BCUT2D eigenvalue weighted by atomic mass is 32.1. The van der Waals surface area contributed by atoms with E-state index in [2.05, 4.69) is 23.2 Å². The first-order chi connectivity index (χ1) is 7.63. The average molecular weight is 242 g/mol. The minimum Gasteiger partial charge on any atom is -0.478 e. The molecule has 0 aromatic heterocycles. The van der Waals surface area contributed by atoms with E-state index in [9.17, 15) is 4.79 Å². The molecule has 3 N–H and O–H groups in total. The number of aliphatic hydroxyl groups is 1. The first-order valence-electron chi connectivity index (χ1n) is 4.50. The van der Waals surface area contributed by atoms with Crippen LogP contribution < -0.4 is 5.53 Å². The number of nitrogens with one attached hydrogen (secondary N) is 1. The molecule has 0 aliphatic carbocycles. The SMILES string of the molecule is O=C(O)C1=C(S)N2NN(CCO)C=C2N=C1. The summed E-state index contributed by atoms with van der Waals surface area (Å²) < 4.78 is 0. The van der Waals surface area contributed by atoms with E-state index in [0.717, 1.165) is 0 Å². The number of thiol groups is 1. The lowest BCUT2D eigenvalue weighted by molar-refractivity contribution is -0.132. The summed E-state index contributed by atoms with van der Waals surface area (Å²) in [6.45, 7) is 0.352. The summed E-state index contributed by atoms with van der Waals surface area (Å²) >= 11 is 4.12. The van der Waals surface area contributed by atoms with Gasteiger partial charge in [-0.25, -0.2) is 14.8 Å². The number of carboxylic acid groups (broad SMARTS) is 1. The molecule has 0 aromatic carbocycles. The van der Waals surface area contributed by atoms with Gasteiger partial charge in [0.05, 0.1) is 19.4 Å². The summed E-state index contributed by atoms with van der Waals surface area (Å²) in [5.41, 5.74) is 2.84. The molecule has 0 bridgehead atoms. The van der Waals surface area contributed by atoms with E-state index in [1.54, 1.807) is 11.2 Å². The molecule has 2 aliphatic heterocycles. The van der Waals surface area contributed by atoms with Gasteiger partial charge in [0, 0.05) is 6.21 Å². The highest BCUT2D eigenvalue weighted by molar-refractivity contribution is 7.84. The van der Waals surface area contributed by atoms with Crippen LogP contribution in [0, 0.1) is 0 Å². The smallest absolute Gasteiger partial charge is 0.340 e. The summed E-state index contributed by atoms with van der Waals surface area (Å²) in [7, 11) is 0. The normalized spacial score (nSPS) is 19.0. The molecule has 16 heavy (non-hydrogen) atoms. The minimum absolute atomic E-state index is 0.0128. The molecule has 0 saturated carbocycles. The number of hydrogen-bond acceptors (Lipinski definition) is 7. The van der Waals surface area contributed by atoms with Crippen molar-refractivity contribution in [3.8, 4) is 0 Å². The Morgan fingerprint density at radius 1 is 1.62 bits per heavy atom. The summed E-state index contributed by atoms with van der Waals surface area (Å²) in [5, 5.41) is 20.9. The van der Waals surface area contributed by atoms with Gasteiger partial charge in [0.2, 0.25) is 0 Å². The average Bonchev–Trinajstić information content (AvgIpc) is 2.62. The van der Waals surface area contributed by atoms with Crippen molar-refractivity contribution in [2.75, 3.05) is 13.2 Å². The van der Waals surface area contributed by atoms with Gasteiger partial charge in [-0.05, 0) is 0 Å². The lowest BCUT2D eigenvalue weighted by Crippen LogP contribution is -2.41. The molecular formula is C8H10N4O3S. The third-order valence-electron chi connectivity index (χ3n) is 2.08. The zero-order valence-electron chi connectivity index (χ0n) is 8.16. The Balaban J connectivity index is 2.24. The lowest BCUT2D eigenvalue weighted by Gasteiger charge is -2.25. The molecule has 8 heteroatoms. The van der Waals surface area contributed by atoms with Crippen molar-refractivity contribution < 1.29 is 15.0 Å². The van der Waals surface area contributed by atoms with E-state index >= 15 is 0 Å². The number of aliphatic hydroxyl groups excluding tert-OH is 1. The van der Waals surface area contributed by atoms with Gasteiger partial charge >= 0.3 is 5.97 Å². The predicted octanol–water partition coefficient (Wildman–Crippen LogP) is -0.875. The number of carbonyl (C=O) groups is 1. The fourth-order valence-electron chi connectivity index (χ4n) is 1.33. The molecule has 0 amide bonds. The van der Waals surface area contributed by atoms with Crippen molar-refractivity contribution in [2.45, 2.75) is 0 Å². The van der Waals surface area contributed by atoms with Crippen LogP contribution in [0.5, 0.6) is 0 Å². The van der Waals surface area contributed by atoms with E-state index in [4.69, 9.17) is 10.2 Å². The topological polar surface area (TPSA) is 88.4 Å². The van der Waals surface area contributed by atoms with Gasteiger partial charge in [0.1, 0.15) is 10.6 Å². The largest absolute Gasteiger partial charge is 0.478 e. The van der Waals surface area contributed by atoms with Gasteiger partial charge in [0.15, 0.2) is 5.82 Å². The number of fused-ring (bicyclic) bond motifs is 1. The van der Waals surface area contributed by atoms with Crippen LogP contribution in [0.25, 0.3) is 0 Å². The maximum atomic E-state index is 10.8. The molecule has 2 heterocycles. The number of carboxylic acids is 1. The van der Waals surface area contributed by atoms with Crippen LogP contribution in [0.2, 0.25) is 0 Å². The van der Waals surface area contributed by atoms with Crippen molar-refractivity contribution in [3.05, 3.63) is 22.6 Å². The third-order valence-corrected chi connectivity index (χ3v) is 2.52. The van der Waals surface area contributed by atoms with Gasteiger partial charge < -0.3 is 10.2 Å². The molecule has 0 radical (unpaired) electrons. The van der Waals surface area contributed by atoms with Crippen molar-refractivity contribution in [1.82, 2.24) is 15.6 Å². The van der Waals surface area contributed by atoms with Gasteiger partial charge in [-0.2, -0.15) is 0 Å². The number of rotatable bonds is 3. The molecule has 7 nitrogen and oxygen atoms in total. The second-order valence-electron chi connectivity index (χ2n) is 3.14. The molecule has 0 atom stereocenters. The van der Waals surface area contributed by atoms with Crippen molar-refractivity contribution in [2.24, 2.45) is 4.99 Å². The minimum atomic E-state index is -1.09. The number of nitrogens with zero attached hydrogens (tertiary/aromatic N) is 3. The highest BCUT2D eigenvalue weighted by Gasteiger charge is 2.28. The van der Waals surface area contributed by atoms with Crippen molar-refractivity contribution >= 4 is 24.8 Å². The van der Waals surface area contributed by atoms with Crippen LogP contribution in [0.15, 0.2) is 27.6 Å². The van der Waals surface area contributed by atoms with E-state index in [0.29, 0.717) is 12.4 Å². The van der Waals surface area contributed by atoms with E-state index in [-0.39, 0.29) is 17.2 Å². The van der Waals surface area contributed by atoms with Crippen molar-refractivity contribution in [1.29, 1.82) is 0 Å². The summed E-state index contributed by atoms with van der Waals surface area (Å²) in [4.78, 5) is 14.8. The van der Waals surface area contributed by atoms with E-state index < -0.39 is 5.97 Å². The van der Waals surface area contributed by atoms with Gasteiger partial charge in [-0.1, -0.05) is 0 Å². The molecule has 0 fully saturated rings. The molecule has 2 rings (SSSR count). The van der Waals surface area contributed by atoms with Gasteiger partial charge in [-0.15, -0.1) is 18.2 Å². The quantitative estimate of drug-likeness (QED) is 0.481. The zero-order valence-corrected chi connectivity index (χ0v) is 9.05. The Bertz CT molecular complexity index is 418. The number of hydrogen-bond donors (Lipinski definition) is 4. The Labute approximate surface area is 96.7 Å². The van der Waals surface area contributed by atoms with Crippen LogP contribution in [-0.2, 0) is 4.79 Å². The van der Waals surface area contributed by atoms with Crippen molar-refractivity contribution in [3.63, 3.8) is 0 Å². The molecule has 0 unspecified atom stereocenters. The molecule has 0 spiro atoms. The fraction of sp³-hybridized carbons (Fsp3) is 0.250. The van der Waals surface area contributed by atoms with Crippen LogP contribution in [0.1, 0.15) is 0 Å². The van der Waals surface area contributed by atoms with E-state index in [1.165, 1.54) is 11.2 Å². The molecule has 86 valence electrons. The Morgan fingerprint density at radius 3 is 3.00 bits per heavy atom. The Hall–Kier alpha value is -1.51. The molecule has 2 aliphatic rings. The third kappa shape index (κ3) is 1.77. The molecule has 0 aromatic rings. The molecule has 0 saturated heterocycles. The summed E-state index contributed by atoms with van der Waals surface area (Å²) in [5.74, 6) is -0.557. The van der Waals surface area contributed by atoms with E-state index in [1.807, 2.05) is 0 Å². The summed E-state index contributed by atoms with van der Waals surface area (Å²) in [6, 6.07) is 0. The van der Waals surface area contributed by atoms with Crippen LogP contribution >= 0.6 is 12.6 Å². The number of aliphatic imine (C=N–C) groups is 1. The maximum absolute atomic E-state index is 10.8. The molecular weight excluding hydrogens is 232 g/mol. The number of β-amino-alcohol motifs (C(OH)–C–C–N with tert-alkyl or cyclic N) is 1. The van der Waals surface area contributed by atoms with Gasteiger partial charge in [-0.3, -0.25) is 5.01 Å². The standard InChI is InChI=1S/C8H10N4O3S/c13-2-1-11-4-6-9-3-5(8(14)15)7(16)12(6)10-11/h3-4,10,13,16H,1-2H2,(H,14,15). The highest BCUT2D eigenvalue weighted by Crippen LogP contribution is 2.26. The second-order valence-corrected chi connectivity index (χ2v) is 3.56.